The van der Waals surface area contributed by atoms with Gasteiger partial charge in [-0.15, -0.1) is 12.4 Å². The Kier molecular flexibility index (Phi) is 6.97. The van der Waals surface area contributed by atoms with Crippen molar-refractivity contribution in [1.82, 2.24) is 15.1 Å². The van der Waals surface area contributed by atoms with Crippen molar-refractivity contribution in [2.24, 2.45) is 5.92 Å². The number of piperidine rings is 2. The zero-order chi connectivity index (χ0) is 14.7. The second-order valence-electron chi connectivity index (χ2n) is 7.33. The van der Waals surface area contributed by atoms with Crippen molar-refractivity contribution in [3.63, 3.8) is 0 Å². The van der Waals surface area contributed by atoms with Gasteiger partial charge in [-0.25, -0.2) is 0 Å². The Balaban J connectivity index is 0.00000176. The van der Waals surface area contributed by atoms with Crippen molar-refractivity contribution in [3.05, 3.63) is 0 Å². The Morgan fingerprint density at radius 3 is 2.41 bits per heavy atom. The van der Waals surface area contributed by atoms with Gasteiger partial charge in [0.05, 0.1) is 6.54 Å². The fourth-order valence-electron chi connectivity index (χ4n) is 3.70. The van der Waals surface area contributed by atoms with Crippen LogP contribution >= 0.6 is 12.4 Å². The van der Waals surface area contributed by atoms with Crippen LogP contribution in [0.15, 0.2) is 0 Å². The topological polar surface area (TPSA) is 35.6 Å². The van der Waals surface area contributed by atoms with E-state index in [1.165, 1.54) is 51.5 Å². The van der Waals surface area contributed by atoms with Crippen molar-refractivity contribution in [2.75, 3.05) is 32.7 Å². The van der Waals surface area contributed by atoms with Crippen LogP contribution in [0.1, 0.15) is 51.9 Å². The smallest absolute Gasteiger partial charge is 0.236 e. The summed E-state index contributed by atoms with van der Waals surface area (Å²) in [5, 5.41) is 3.71. The number of amides is 1. The molecule has 1 aliphatic carbocycles. The zero-order valence-corrected chi connectivity index (χ0v) is 14.7. The van der Waals surface area contributed by atoms with E-state index in [9.17, 15) is 4.79 Å². The second kappa shape index (κ2) is 8.51. The summed E-state index contributed by atoms with van der Waals surface area (Å²) in [6.45, 7) is 7.19. The molecule has 2 heterocycles. The van der Waals surface area contributed by atoms with E-state index in [4.69, 9.17) is 0 Å². The molecule has 0 spiro atoms. The van der Waals surface area contributed by atoms with E-state index in [1.807, 2.05) is 0 Å². The summed E-state index contributed by atoms with van der Waals surface area (Å²) in [6, 6.07) is 1.13. The number of nitrogens with zero attached hydrogens (tertiary/aromatic N) is 2. The summed E-state index contributed by atoms with van der Waals surface area (Å²) in [6.07, 6.45) is 8.90. The predicted octanol–water partition coefficient (Wildman–Crippen LogP) is 2.27. The largest absolute Gasteiger partial charge is 0.339 e. The Hall–Kier alpha value is -0.320. The molecular weight excluding hydrogens is 298 g/mol. The highest BCUT2D eigenvalue weighted by molar-refractivity contribution is 5.85. The maximum Gasteiger partial charge on any atom is 0.236 e. The molecule has 1 amide bonds. The van der Waals surface area contributed by atoms with Gasteiger partial charge in [0.15, 0.2) is 0 Å². The first-order chi connectivity index (χ1) is 10.2. The van der Waals surface area contributed by atoms with Crippen LogP contribution in [0.4, 0.5) is 0 Å². The van der Waals surface area contributed by atoms with Gasteiger partial charge in [-0.1, -0.05) is 0 Å². The fourth-order valence-corrected chi connectivity index (χ4v) is 3.70. The van der Waals surface area contributed by atoms with Crippen LogP contribution in [0.5, 0.6) is 0 Å². The normalized spacial score (nSPS) is 27.5. The van der Waals surface area contributed by atoms with Gasteiger partial charge in [-0.2, -0.15) is 0 Å². The molecule has 2 aliphatic heterocycles. The van der Waals surface area contributed by atoms with Crippen LogP contribution in [0.25, 0.3) is 0 Å². The number of likely N-dealkylation sites (tertiary alicyclic amines) is 2. The first-order valence-electron chi connectivity index (χ1n) is 8.97. The van der Waals surface area contributed by atoms with E-state index in [2.05, 4.69) is 22.0 Å². The molecule has 0 aromatic heterocycles. The molecule has 0 aromatic carbocycles. The van der Waals surface area contributed by atoms with Crippen LogP contribution in [0.3, 0.4) is 0 Å². The van der Waals surface area contributed by atoms with E-state index in [0.717, 1.165) is 25.6 Å². The van der Waals surface area contributed by atoms with Gasteiger partial charge in [-0.3, -0.25) is 9.69 Å². The van der Waals surface area contributed by atoms with Crippen molar-refractivity contribution in [1.29, 1.82) is 0 Å². The molecule has 3 aliphatic rings. The van der Waals surface area contributed by atoms with Gasteiger partial charge >= 0.3 is 0 Å². The minimum Gasteiger partial charge on any atom is -0.339 e. The molecule has 1 unspecified atom stereocenters. The fraction of sp³-hybridized carbons (Fsp3) is 0.941. The van der Waals surface area contributed by atoms with Gasteiger partial charge in [0, 0.05) is 31.7 Å². The highest BCUT2D eigenvalue weighted by atomic mass is 35.5. The third kappa shape index (κ3) is 5.10. The van der Waals surface area contributed by atoms with Gasteiger partial charge < -0.3 is 10.2 Å². The summed E-state index contributed by atoms with van der Waals surface area (Å²) < 4.78 is 0. The number of hydrogen-bond acceptors (Lipinski definition) is 3. The molecule has 0 aromatic rings. The first-order valence-corrected chi connectivity index (χ1v) is 8.97. The van der Waals surface area contributed by atoms with Crippen LogP contribution in [0, 0.1) is 5.92 Å². The van der Waals surface area contributed by atoms with Crippen LogP contribution in [-0.4, -0.2) is 60.5 Å². The maximum atomic E-state index is 12.5. The highest BCUT2D eigenvalue weighted by Gasteiger charge is 2.27. The third-order valence-electron chi connectivity index (χ3n) is 5.46. The summed E-state index contributed by atoms with van der Waals surface area (Å²) in [5.41, 5.74) is 0. The van der Waals surface area contributed by atoms with Crippen molar-refractivity contribution in [3.8, 4) is 0 Å². The van der Waals surface area contributed by atoms with Gasteiger partial charge in [0.25, 0.3) is 0 Å². The quantitative estimate of drug-likeness (QED) is 0.840. The van der Waals surface area contributed by atoms with Crippen LogP contribution in [-0.2, 0) is 4.79 Å². The summed E-state index contributed by atoms with van der Waals surface area (Å²) >= 11 is 0. The lowest BCUT2D eigenvalue weighted by molar-refractivity contribution is -0.135. The number of hydrogen-bond donors (Lipinski definition) is 1. The molecule has 1 atom stereocenters. The lowest BCUT2D eigenvalue weighted by Gasteiger charge is -2.37. The van der Waals surface area contributed by atoms with Crippen LogP contribution in [0.2, 0.25) is 0 Å². The Morgan fingerprint density at radius 1 is 1.05 bits per heavy atom. The minimum absolute atomic E-state index is 0. The average molecular weight is 330 g/mol. The van der Waals surface area contributed by atoms with E-state index >= 15 is 0 Å². The van der Waals surface area contributed by atoms with Gasteiger partial charge in [0.2, 0.25) is 5.91 Å². The van der Waals surface area contributed by atoms with E-state index < -0.39 is 0 Å². The van der Waals surface area contributed by atoms with Crippen molar-refractivity contribution < 1.29 is 4.79 Å². The monoisotopic (exact) mass is 329 g/mol. The number of rotatable bonds is 5. The predicted molar refractivity (Wildman–Crippen MR) is 92.5 cm³/mol. The molecule has 1 saturated carbocycles. The molecular formula is C17H32ClN3O. The zero-order valence-electron chi connectivity index (χ0n) is 13.9. The van der Waals surface area contributed by atoms with Crippen LogP contribution < -0.4 is 5.32 Å². The SMILES string of the molecule is CC1CCCCN1C(=O)CN1CCC(NCC2CC2)CC1.Cl. The minimum atomic E-state index is 0. The molecule has 0 bridgehead atoms. The Labute approximate surface area is 141 Å². The Morgan fingerprint density at radius 2 is 1.77 bits per heavy atom. The number of carbonyl (C=O) groups is 1. The molecule has 2 saturated heterocycles. The molecule has 3 fully saturated rings. The lowest BCUT2D eigenvalue weighted by Crippen LogP contribution is -2.50. The molecule has 5 heteroatoms. The third-order valence-corrected chi connectivity index (χ3v) is 5.46. The number of halogens is 1. The standard InChI is InChI=1S/C17H31N3O.ClH/c1-14-4-2-3-9-20(14)17(21)13-19-10-7-16(8-11-19)18-12-15-5-6-15;/h14-16,18H,2-13H2,1H3;1H. The maximum absolute atomic E-state index is 12.5. The average Bonchev–Trinajstić information content (AvgIpc) is 3.31. The Bertz CT molecular complexity index is 354. The number of nitrogens with one attached hydrogen (secondary N) is 1. The van der Waals surface area contributed by atoms with E-state index in [0.29, 0.717) is 24.5 Å². The van der Waals surface area contributed by atoms with Crippen molar-refractivity contribution >= 4 is 18.3 Å². The number of carbonyl (C=O) groups excluding carboxylic acids is 1. The van der Waals surface area contributed by atoms with E-state index in [-0.39, 0.29) is 12.4 Å². The molecule has 4 nitrogen and oxygen atoms in total. The molecule has 128 valence electrons. The molecule has 22 heavy (non-hydrogen) atoms. The molecule has 0 radical (unpaired) electrons. The van der Waals surface area contributed by atoms with Crippen molar-refractivity contribution in [2.45, 2.75) is 64.0 Å². The lowest BCUT2D eigenvalue weighted by atomic mass is 10.0. The van der Waals surface area contributed by atoms with E-state index in [1.54, 1.807) is 0 Å². The summed E-state index contributed by atoms with van der Waals surface area (Å²) in [5.74, 6) is 1.32. The molecule has 1 N–H and O–H groups in total. The molecule has 3 rings (SSSR count). The second-order valence-corrected chi connectivity index (χ2v) is 7.33. The summed E-state index contributed by atoms with van der Waals surface area (Å²) in [4.78, 5) is 16.9. The van der Waals surface area contributed by atoms with Gasteiger partial charge in [-0.05, 0) is 64.3 Å². The first kappa shape index (κ1) is 18.0. The highest BCUT2D eigenvalue weighted by Crippen LogP contribution is 2.28. The summed E-state index contributed by atoms with van der Waals surface area (Å²) in [7, 11) is 0. The van der Waals surface area contributed by atoms with Gasteiger partial charge in [0.1, 0.15) is 0 Å².